The van der Waals surface area contributed by atoms with Crippen molar-refractivity contribution in [2.24, 2.45) is 5.92 Å². The van der Waals surface area contributed by atoms with Gasteiger partial charge in [0, 0.05) is 24.9 Å². The number of rotatable bonds is 7. The molecular formula is C17H22N2O3. The summed E-state index contributed by atoms with van der Waals surface area (Å²) >= 11 is 0. The first-order valence-electron chi connectivity index (χ1n) is 7.44. The molecule has 118 valence electrons. The number of amides is 1. The van der Waals surface area contributed by atoms with Crippen LogP contribution in [0.5, 0.6) is 5.75 Å². The molecule has 0 atom stereocenters. The average Bonchev–Trinajstić information content (AvgIpc) is 3.00. The van der Waals surface area contributed by atoms with Crippen molar-refractivity contribution in [2.75, 3.05) is 13.7 Å². The zero-order valence-electron chi connectivity index (χ0n) is 13.3. The fourth-order valence-electron chi connectivity index (χ4n) is 1.94. The van der Waals surface area contributed by atoms with Gasteiger partial charge in [-0.1, -0.05) is 13.8 Å². The van der Waals surface area contributed by atoms with Crippen molar-refractivity contribution < 1.29 is 13.9 Å². The summed E-state index contributed by atoms with van der Waals surface area (Å²) in [6, 6.07) is 7.57. The van der Waals surface area contributed by atoms with Crippen molar-refractivity contribution >= 4 is 5.91 Å². The molecule has 2 rings (SSSR count). The number of aromatic nitrogens is 1. The normalized spacial score (nSPS) is 10.7. The molecule has 22 heavy (non-hydrogen) atoms. The standard InChI is InChI=1S/C17H22N2O3/c1-12(2)10-18-16(20)8-9-17-19-11-15(22-17)13-4-6-14(21-3)7-5-13/h4-7,11-12H,8-10H2,1-3H3,(H,18,20). The lowest BCUT2D eigenvalue weighted by atomic mass is 10.2. The molecule has 0 spiro atoms. The van der Waals surface area contributed by atoms with Crippen LogP contribution in [0.1, 0.15) is 26.2 Å². The number of carbonyl (C=O) groups is 1. The van der Waals surface area contributed by atoms with Crippen molar-refractivity contribution in [3.8, 4) is 17.1 Å². The highest BCUT2D eigenvalue weighted by Crippen LogP contribution is 2.23. The van der Waals surface area contributed by atoms with E-state index in [1.54, 1.807) is 13.3 Å². The van der Waals surface area contributed by atoms with Crippen molar-refractivity contribution in [1.29, 1.82) is 0 Å². The fourth-order valence-corrected chi connectivity index (χ4v) is 1.94. The quantitative estimate of drug-likeness (QED) is 0.853. The number of carbonyl (C=O) groups excluding carboxylic acids is 1. The molecule has 0 saturated heterocycles. The minimum absolute atomic E-state index is 0.0258. The second-order valence-electron chi connectivity index (χ2n) is 5.54. The van der Waals surface area contributed by atoms with E-state index in [0.29, 0.717) is 37.0 Å². The Morgan fingerprint density at radius 1 is 1.32 bits per heavy atom. The third-order valence-electron chi connectivity index (χ3n) is 3.20. The Morgan fingerprint density at radius 3 is 2.68 bits per heavy atom. The van der Waals surface area contributed by atoms with E-state index in [-0.39, 0.29) is 5.91 Å². The van der Waals surface area contributed by atoms with Gasteiger partial charge >= 0.3 is 0 Å². The first kappa shape index (κ1) is 16.1. The molecule has 0 aliphatic heterocycles. The van der Waals surface area contributed by atoms with Crippen LogP contribution in [0.4, 0.5) is 0 Å². The second kappa shape index (κ2) is 7.64. The van der Waals surface area contributed by atoms with Crippen LogP contribution in [0.15, 0.2) is 34.9 Å². The first-order chi connectivity index (χ1) is 10.6. The predicted molar refractivity (Wildman–Crippen MR) is 84.7 cm³/mol. The minimum Gasteiger partial charge on any atom is -0.497 e. The van der Waals surface area contributed by atoms with E-state index in [0.717, 1.165) is 11.3 Å². The van der Waals surface area contributed by atoms with Crippen LogP contribution in [-0.4, -0.2) is 24.5 Å². The number of benzene rings is 1. The van der Waals surface area contributed by atoms with Gasteiger partial charge in [-0.2, -0.15) is 0 Å². The van der Waals surface area contributed by atoms with E-state index in [1.807, 2.05) is 24.3 Å². The molecule has 0 radical (unpaired) electrons. The number of nitrogens with one attached hydrogen (secondary N) is 1. The summed E-state index contributed by atoms with van der Waals surface area (Å²) in [6.07, 6.45) is 2.57. The van der Waals surface area contributed by atoms with Crippen LogP contribution in [0.25, 0.3) is 11.3 Å². The monoisotopic (exact) mass is 302 g/mol. The largest absolute Gasteiger partial charge is 0.497 e. The van der Waals surface area contributed by atoms with Crippen molar-refractivity contribution in [2.45, 2.75) is 26.7 Å². The highest BCUT2D eigenvalue weighted by Gasteiger charge is 2.09. The number of hydrogen-bond acceptors (Lipinski definition) is 4. The van der Waals surface area contributed by atoms with Crippen LogP contribution < -0.4 is 10.1 Å². The van der Waals surface area contributed by atoms with Gasteiger partial charge in [0.2, 0.25) is 5.91 Å². The number of nitrogens with zero attached hydrogens (tertiary/aromatic N) is 1. The Hall–Kier alpha value is -2.30. The molecule has 1 aromatic heterocycles. The molecule has 5 nitrogen and oxygen atoms in total. The van der Waals surface area contributed by atoms with Gasteiger partial charge in [0.25, 0.3) is 0 Å². The first-order valence-corrected chi connectivity index (χ1v) is 7.44. The number of methoxy groups -OCH3 is 1. The molecular weight excluding hydrogens is 280 g/mol. The van der Waals surface area contributed by atoms with Crippen molar-refractivity contribution in [3.63, 3.8) is 0 Å². The Morgan fingerprint density at radius 2 is 2.05 bits per heavy atom. The average molecular weight is 302 g/mol. The van der Waals surface area contributed by atoms with Crippen LogP contribution in [0.2, 0.25) is 0 Å². The van der Waals surface area contributed by atoms with E-state index in [9.17, 15) is 4.79 Å². The van der Waals surface area contributed by atoms with Gasteiger partial charge in [-0.3, -0.25) is 4.79 Å². The minimum atomic E-state index is 0.0258. The maximum atomic E-state index is 11.7. The van der Waals surface area contributed by atoms with E-state index in [1.165, 1.54) is 0 Å². The highest BCUT2D eigenvalue weighted by atomic mass is 16.5. The molecule has 1 aromatic carbocycles. The SMILES string of the molecule is COc1ccc(-c2cnc(CCC(=O)NCC(C)C)o2)cc1. The van der Waals surface area contributed by atoms with E-state index in [2.05, 4.69) is 24.1 Å². The smallest absolute Gasteiger partial charge is 0.220 e. The van der Waals surface area contributed by atoms with E-state index < -0.39 is 0 Å². The van der Waals surface area contributed by atoms with Gasteiger partial charge in [-0.05, 0) is 30.2 Å². The molecule has 0 saturated carbocycles. The third-order valence-corrected chi connectivity index (χ3v) is 3.20. The van der Waals surface area contributed by atoms with Crippen LogP contribution in [0.3, 0.4) is 0 Å². The van der Waals surface area contributed by atoms with E-state index in [4.69, 9.17) is 9.15 Å². The number of ether oxygens (including phenoxy) is 1. The van der Waals surface area contributed by atoms with Crippen molar-refractivity contribution in [1.82, 2.24) is 10.3 Å². The summed E-state index contributed by atoms with van der Waals surface area (Å²) in [5.41, 5.74) is 0.934. The molecule has 1 amide bonds. The lowest BCUT2D eigenvalue weighted by molar-refractivity contribution is -0.121. The molecule has 0 aliphatic carbocycles. The number of oxazole rings is 1. The molecule has 1 heterocycles. The topological polar surface area (TPSA) is 64.4 Å². The lowest BCUT2D eigenvalue weighted by Crippen LogP contribution is -2.27. The summed E-state index contributed by atoms with van der Waals surface area (Å²) in [5.74, 6) is 2.54. The predicted octanol–water partition coefficient (Wildman–Crippen LogP) is 3.06. The van der Waals surface area contributed by atoms with Gasteiger partial charge in [0.05, 0.1) is 13.3 Å². The Bertz CT molecular complexity index is 603. The molecule has 5 heteroatoms. The van der Waals surface area contributed by atoms with Crippen molar-refractivity contribution in [3.05, 3.63) is 36.4 Å². The summed E-state index contributed by atoms with van der Waals surface area (Å²) in [4.78, 5) is 15.9. The van der Waals surface area contributed by atoms with Gasteiger partial charge < -0.3 is 14.5 Å². The highest BCUT2D eigenvalue weighted by molar-refractivity contribution is 5.76. The molecule has 1 N–H and O–H groups in total. The van der Waals surface area contributed by atoms with E-state index >= 15 is 0 Å². The molecule has 2 aromatic rings. The zero-order valence-corrected chi connectivity index (χ0v) is 13.3. The Labute approximate surface area is 130 Å². The van der Waals surface area contributed by atoms with Gasteiger partial charge in [-0.25, -0.2) is 4.98 Å². The molecule has 0 unspecified atom stereocenters. The molecule has 0 bridgehead atoms. The zero-order chi connectivity index (χ0) is 15.9. The molecule has 0 fully saturated rings. The third kappa shape index (κ3) is 4.62. The van der Waals surface area contributed by atoms with Crippen LogP contribution in [-0.2, 0) is 11.2 Å². The summed E-state index contributed by atoms with van der Waals surface area (Å²) in [7, 11) is 1.63. The molecule has 0 aliphatic rings. The van der Waals surface area contributed by atoms with Gasteiger partial charge in [-0.15, -0.1) is 0 Å². The van der Waals surface area contributed by atoms with Gasteiger partial charge in [0.15, 0.2) is 11.7 Å². The fraction of sp³-hybridized carbons (Fsp3) is 0.412. The number of hydrogen-bond donors (Lipinski definition) is 1. The summed E-state index contributed by atoms with van der Waals surface area (Å²) in [5, 5.41) is 2.88. The summed E-state index contributed by atoms with van der Waals surface area (Å²) in [6.45, 7) is 4.83. The maximum absolute atomic E-state index is 11.7. The maximum Gasteiger partial charge on any atom is 0.220 e. The Balaban J connectivity index is 1.89. The number of aryl methyl sites for hydroxylation is 1. The van der Waals surface area contributed by atoms with Gasteiger partial charge in [0.1, 0.15) is 5.75 Å². The van der Waals surface area contributed by atoms with Crippen LogP contribution >= 0.6 is 0 Å². The summed E-state index contributed by atoms with van der Waals surface area (Å²) < 4.78 is 10.8. The van der Waals surface area contributed by atoms with Crippen LogP contribution in [0, 0.1) is 5.92 Å². The second-order valence-corrected chi connectivity index (χ2v) is 5.54. The lowest BCUT2D eigenvalue weighted by Gasteiger charge is -2.06. The Kier molecular flexibility index (Phi) is 5.58.